The molecule has 0 atom stereocenters. The smallest absolute Gasteiger partial charge is 0.256 e. The molecule has 9 heteroatoms. The van der Waals surface area contributed by atoms with E-state index in [1.165, 1.54) is 35.2 Å². The Morgan fingerprint density at radius 2 is 1.62 bits per heavy atom. The van der Waals surface area contributed by atoms with Gasteiger partial charge in [-0.2, -0.15) is 4.31 Å². The first-order chi connectivity index (χ1) is 12.3. The molecule has 1 fully saturated rings. The number of sulfonamides is 1. The van der Waals surface area contributed by atoms with Gasteiger partial charge in [0, 0.05) is 30.7 Å². The Kier molecular flexibility index (Phi) is 5.40. The third-order valence-corrected chi connectivity index (χ3v) is 6.57. The van der Waals surface area contributed by atoms with E-state index in [0.29, 0.717) is 4.47 Å². The first kappa shape index (κ1) is 18.9. The van der Waals surface area contributed by atoms with Gasteiger partial charge >= 0.3 is 0 Å². The van der Waals surface area contributed by atoms with E-state index in [4.69, 9.17) is 0 Å². The summed E-state index contributed by atoms with van der Waals surface area (Å²) in [6.07, 6.45) is 0. The number of rotatable bonds is 3. The Morgan fingerprint density at radius 1 is 0.962 bits per heavy atom. The minimum atomic E-state index is -3.98. The minimum Gasteiger partial charge on any atom is -0.336 e. The second-order valence-electron chi connectivity index (χ2n) is 5.75. The number of carbonyl (C=O) groups excluding carboxylic acids is 1. The Bertz CT molecular complexity index is 945. The van der Waals surface area contributed by atoms with Gasteiger partial charge in [-0.15, -0.1) is 0 Å². The molecular weight excluding hydrogens is 430 g/mol. The molecule has 26 heavy (non-hydrogen) atoms. The van der Waals surface area contributed by atoms with E-state index in [2.05, 4.69) is 15.9 Å². The molecule has 0 spiro atoms. The van der Waals surface area contributed by atoms with Gasteiger partial charge in [-0.05, 0) is 30.3 Å². The topological polar surface area (TPSA) is 57.7 Å². The Hall–Kier alpha value is -1.84. The second kappa shape index (κ2) is 7.42. The van der Waals surface area contributed by atoms with Crippen LogP contribution in [-0.4, -0.2) is 49.7 Å². The average Bonchev–Trinajstić information content (AvgIpc) is 2.61. The highest BCUT2D eigenvalue weighted by molar-refractivity contribution is 9.10. The highest BCUT2D eigenvalue weighted by atomic mass is 79.9. The normalized spacial score (nSPS) is 15.9. The Labute approximate surface area is 158 Å². The molecule has 0 aliphatic carbocycles. The van der Waals surface area contributed by atoms with Crippen molar-refractivity contribution >= 4 is 31.9 Å². The Morgan fingerprint density at radius 3 is 2.23 bits per heavy atom. The summed E-state index contributed by atoms with van der Waals surface area (Å²) in [4.78, 5) is 13.5. The van der Waals surface area contributed by atoms with Crippen LogP contribution in [0.2, 0.25) is 0 Å². The van der Waals surface area contributed by atoms with Crippen LogP contribution in [0.4, 0.5) is 8.78 Å². The summed E-state index contributed by atoms with van der Waals surface area (Å²) in [7, 11) is -3.98. The van der Waals surface area contributed by atoms with Crippen molar-refractivity contribution in [2.75, 3.05) is 26.2 Å². The summed E-state index contributed by atoms with van der Waals surface area (Å²) >= 11 is 3.13. The van der Waals surface area contributed by atoms with Crippen LogP contribution >= 0.6 is 15.9 Å². The summed E-state index contributed by atoms with van der Waals surface area (Å²) in [5.41, 5.74) is -0.0707. The van der Waals surface area contributed by atoms with E-state index in [-0.39, 0.29) is 31.7 Å². The number of hydrogen-bond acceptors (Lipinski definition) is 3. The van der Waals surface area contributed by atoms with Crippen molar-refractivity contribution < 1.29 is 22.0 Å². The molecule has 2 aromatic carbocycles. The van der Waals surface area contributed by atoms with Crippen molar-refractivity contribution in [3.05, 3.63) is 64.1 Å². The molecule has 5 nitrogen and oxygen atoms in total. The quantitative estimate of drug-likeness (QED) is 0.731. The third-order valence-electron chi connectivity index (χ3n) is 4.14. The SMILES string of the molecule is O=C(c1ccc(Br)cc1F)N1CCN(S(=O)(=O)c2ccccc2F)CC1. The molecular formula is C17H15BrF2N2O3S. The zero-order valence-corrected chi connectivity index (χ0v) is 15.9. The van der Waals surface area contributed by atoms with Gasteiger partial charge in [0.25, 0.3) is 5.91 Å². The first-order valence-corrected chi connectivity index (χ1v) is 10.0. The number of hydrogen-bond donors (Lipinski definition) is 0. The molecule has 138 valence electrons. The molecule has 0 bridgehead atoms. The average molecular weight is 445 g/mol. The summed E-state index contributed by atoms with van der Waals surface area (Å²) in [6.45, 7) is 0.227. The van der Waals surface area contributed by atoms with Crippen LogP contribution in [-0.2, 0) is 10.0 Å². The van der Waals surface area contributed by atoms with Crippen molar-refractivity contribution in [1.82, 2.24) is 9.21 Å². The van der Waals surface area contributed by atoms with Gasteiger partial charge in [0.15, 0.2) is 0 Å². The molecule has 1 amide bonds. The molecule has 0 aromatic heterocycles. The van der Waals surface area contributed by atoms with E-state index in [0.717, 1.165) is 10.4 Å². The molecule has 0 N–H and O–H groups in total. The Balaban J connectivity index is 1.73. The van der Waals surface area contributed by atoms with E-state index < -0.39 is 32.5 Å². The third kappa shape index (κ3) is 3.65. The van der Waals surface area contributed by atoms with Gasteiger partial charge in [-0.25, -0.2) is 17.2 Å². The van der Waals surface area contributed by atoms with Crippen LogP contribution in [0.5, 0.6) is 0 Å². The molecule has 1 saturated heterocycles. The summed E-state index contributed by atoms with van der Waals surface area (Å²) < 4.78 is 54.6. The van der Waals surface area contributed by atoms with Crippen LogP contribution in [0.25, 0.3) is 0 Å². The molecule has 0 unspecified atom stereocenters. The van der Waals surface area contributed by atoms with Gasteiger partial charge in [-0.1, -0.05) is 28.1 Å². The molecule has 1 aliphatic heterocycles. The lowest BCUT2D eigenvalue weighted by molar-refractivity contribution is 0.0693. The van der Waals surface area contributed by atoms with Crippen LogP contribution < -0.4 is 0 Å². The zero-order chi connectivity index (χ0) is 18.9. The number of nitrogens with zero attached hydrogens (tertiary/aromatic N) is 2. The number of amides is 1. The fourth-order valence-corrected chi connectivity index (χ4v) is 4.58. The van der Waals surface area contributed by atoms with E-state index in [1.807, 2.05) is 0 Å². The molecule has 1 aliphatic rings. The second-order valence-corrected chi connectivity index (χ2v) is 8.57. The van der Waals surface area contributed by atoms with Crippen molar-refractivity contribution in [2.45, 2.75) is 4.90 Å². The lowest BCUT2D eigenvalue weighted by Gasteiger charge is -2.34. The number of piperazine rings is 1. The van der Waals surface area contributed by atoms with Gasteiger partial charge in [0.05, 0.1) is 5.56 Å². The highest BCUT2D eigenvalue weighted by Gasteiger charge is 2.32. The summed E-state index contributed by atoms with van der Waals surface area (Å²) in [6, 6.07) is 9.30. The van der Waals surface area contributed by atoms with Gasteiger partial charge in [0.2, 0.25) is 10.0 Å². The van der Waals surface area contributed by atoms with Crippen LogP contribution in [0, 0.1) is 11.6 Å². The summed E-state index contributed by atoms with van der Waals surface area (Å²) in [5.74, 6) is -1.97. The molecule has 1 heterocycles. The standard InChI is InChI=1S/C17H15BrF2N2O3S/c18-12-5-6-13(15(20)11-12)17(23)21-7-9-22(10-8-21)26(24,25)16-4-2-1-3-14(16)19/h1-6,11H,7-10H2. The van der Waals surface area contributed by atoms with Crippen LogP contribution in [0.1, 0.15) is 10.4 Å². The van der Waals surface area contributed by atoms with Crippen molar-refractivity contribution in [3.63, 3.8) is 0 Å². The zero-order valence-electron chi connectivity index (χ0n) is 13.5. The first-order valence-electron chi connectivity index (χ1n) is 7.80. The maximum atomic E-state index is 14.0. The molecule has 2 aromatic rings. The lowest BCUT2D eigenvalue weighted by atomic mass is 10.1. The molecule has 3 rings (SSSR count). The maximum absolute atomic E-state index is 14.0. The predicted octanol–water partition coefficient (Wildman–Crippen LogP) is 2.87. The van der Waals surface area contributed by atoms with Crippen molar-refractivity contribution in [2.24, 2.45) is 0 Å². The van der Waals surface area contributed by atoms with E-state index in [9.17, 15) is 22.0 Å². The largest absolute Gasteiger partial charge is 0.336 e. The number of benzene rings is 2. The van der Waals surface area contributed by atoms with Crippen LogP contribution in [0.15, 0.2) is 51.8 Å². The molecule has 0 radical (unpaired) electrons. The number of carbonyl (C=O) groups is 1. The van der Waals surface area contributed by atoms with Gasteiger partial charge in [-0.3, -0.25) is 4.79 Å². The van der Waals surface area contributed by atoms with Crippen molar-refractivity contribution in [1.29, 1.82) is 0 Å². The van der Waals surface area contributed by atoms with Gasteiger partial charge < -0.3 is 4.90 Å². The summed E-state index contributed by atoms with van der Waals surface area (Å²) in [5, 5.41) is 0. The lowest BCUT2D eigenvalue weighted by Crippen LogP contribution is -2.50. The predicted molar refractivity (Wildman–Crippen MR) is 95.2 cm³/mol. The number of halogens is 3. The van der Waals surface area contributed by atoms with Crippen molar-refractivity contribution in [3.8, 4) is 0 Å². The molecule has 0 saturated carbocycles. The fourth-order valence-electron chi connectivity index (χ4n) is 2.76. The highest BCUT2D eigenvalue weighted by Crippen LogP contribution is 2.22. The van der Waals surface area contributed by atoms with Gasteiger partial charge in [0.1, 0.15) is 16.5 Å². The van der Waals surface area contributed by atoms with Crippen LogP contribution in [0.3, 0.4) is 0 Å². The fraction of sp³-hybridized carbons (Fsp3) is 0.235. The minimum absolute atomic E-state index is 0.0144. The van der Waals surface area contributed by atoms with E-state index in [1.54, 1.807) is 6.07 Å². The maximum Gasteiger partial charge on any atom is 0.256 e. The monoisotopic (exact) mass is 444 g/mol. The van der Waals surface area contributed by atoms with E-state index >= 15 is 0 Å².